The van der Waals surface area contributed by atoms with Crippen LogP contribution in [0, 0.1) is 11.3 Å². The molecule has 0 aromatic carbocycles. The van der Waals surface area contributed by atoms with Gasteiger partial charge in [0.15, 0.2) is 0 Å². The fraction of sp³-hybridized carbons (Fsp3) is 0.600. The van der Waals surface area contributed by atoms with Crippen LogP contribution in [0.3, 0.4) is 0 Å². The maximum absolute atomic E-state index is 3.92. The molecule has 0 N–H and O–H groups in total. The molecule has 0 spiro atoms. The maximum Gasteiger partial charge on any atom is -0.0115 e. The minimum absolute atomic E-state index is 0.186. The standard InChI is InChI=1S/C10H18/c1-7-10(5,6)9(4)8(2)3/h7,9H,1-2H2,3-6H3. The van der Waals surface area contributed by atoms with Crippen LogP contribution in [0.25, 0.3) is 0 Å². The van der Waals surface area contributed by atoms with Gasteiger partial charge in [0.1, 0.15) is 0 Å². The zero-order valence-electron chi connectivity index (χ0n) is 7.57. The lowest BCUT2D eigenvalue weighted by Crippen LogP contribution is -2.18. The highest BCUT2D eigenvalue weighted by atomic mass is 14.3. The Balaban J connectivity index is 4.31. The van der Waals surface area contributed by atoms with Crippen LogP contribution in [0.15, 0.2) is 24.8 Å². The average molecular weight is 138 g/mol. The number of hydrogen-bond donors (Lipinski definition) is 0. The molecule has 10 heavy (non-hydrogen) atoms. The molecule has 1 unspecified atom stereocenters. The van der Waals surface area contributed by atoms with E-state index in [4.69, 9.17) is 0 Å². The first-order valence-electron chi connectivity index (χ1n) is 3.71. The summed E-state index contributed by atoms with van der Waals surface area (Å²) in [5.74, 6) is 0.519. The first kappa shape index (κ1) is 9.48. The predicted octanol–water partition coefficient (Wildman–Crippen LogP) is 3.41. The molecule has 58 valence electrons. The molecule has 0 aromatic rings. The van der Waals surface area contributed by atoms with Gasteiger partial charge in [0.2, 0.25) is 0 Å². The Morgan fingerprint density at radius 2 is 1.90 bits per heavy atom. The van der Waals surface area contributed by atoms with E-state index in [1.807, 2.05) is 6.08 Å². The van der Waals surface area contributed by atoms with Gasteiger partial charge in [-0.2, -0.15) is 0 Å². The highest BCUT2D eigenvalue weighted by molar-refractivity contribution is 5.05. The van der Waals surface area contributed by atoms with Crippen molar-refractivity contribution >= 4 is 0 Å². The first-order chi connectivity index (χ1) is 4.41. The first-order valence-corrected chi connectivity index (χ1v) is 3.71. The lowest BCUT2D eigenvalue weighted by molar-refractivity contribution is 0.353. The molecule has 0 heterocycles. The van der Waals surface area contributed by atoms with E-state index in [1.165, 1.54) is 5.57 Å². The Labute approximate surface area is 64.6 Å². The Kier molecular flexibility index (Phi) is 2.89. The highest BCUT2D eigenvalue weighted by Gasteiger charge is 2.21. The molecule has 0 radical (unpaired) electrons. The van der Waals surface area contributed by atoms with Crippen molar-refractivity contribution in [2.75, 3.05) is 0 Å². The van der Waals surface area contributed by atoms with Gasteiger partial charge in [0, 0.05) is 0 Å². The second kappa shape index (κ2) is 3.05. The summed E-state index contributed by atoms with van der Waals surface area (Å²) in [6, 6.07) is 0. The lowest BCUT2D eigenvalue weighted by atomic mass is 9.77. The van der Waals surface area contributed by atoms with Gasteiger partial charge < -0.3 is 0 Å². The van der Waals surface area contributed by atoms with Gasteiger partial charge in [-0.05, 0) is 18.3 Å². The topological polar surface area (TPSA) is 0 Å². The molecule has 0 saturated carbocycles. The van der Waals surface area contributed by atoms with Gasteiger partial charge in [0.25, 0.3) is 0 Å². The van der Waals surface area contributed by atoms with Crippen LogP contribution in [0.5, 0.6) is 0 Å². The third-order valence-electron chi connectivity index (χ3n) is 2.38. The van der Waals surface area contributed by atoms with Crippen LogP contribution in [0.2, 0.25) is 0 Å². The molecule has 0 aromatic heterocycles. The number of rotatable bonds is 3. The molecule has 0 heteroatoms. The van der Waals surface area contributed by atoms with E-state index in [2.05, 4.69) is 40.9 Å². The molecule has 0 rings (SSSR count). The van der Waals surface area contributed by atoms with Gasteiger partial charge in [-0.25, -0.2) is 0 Å². The van der Waals surface area contributed by atoms with Crippen LogP contribution in [-0.4, -0.2) is 0 Å². The molecule has 0 fully saturated rings. The van der Waals surface area contributed by atoms with Crippen molar-refractivity contribution in [1.29, 1.82) is 0 Å². The number of allylic oxidation sites excluding steroid dienone is 2. The normalized spacial score (nSPS) is 14.4. The average Bonchev–Trinajstić information content (AvgIpc) is 1.86. The van der Waals surface area contributed by atoms with Crippen molar-refractivity contribution in [3.05, 3.63) is 24.8 Å². The maximum atomic E-state index is 3.92. The fourth-order valence-corrected chi connectivity index (χ4v) is 0.812. The molecule has 0 bridgehead atoms. The second-order valence-corrected chi connectivity index (χ2v) is 3.59. The summed E-state index contributed by atoms with van der Waals surface area (Å²) >= 11 is 0. The quantitative estimate of drug-likeness (QED) is 0.524. The smallest absolute Gasteiger partial charge is 0.0115 e. The van der Waals surface area contributed by atoms with Gasteiger partial charge in [-0.15, -0.1) is 6.58 Å². The summed E-state index contributed by atoms with van der Waals surface area (Å²) in [5, 5.41) is 0. The van der Waals surface area contributed by atoms with E-state index >= 15 is 0 Å². The zero-order chi connectivity index (χ0) is 8.36. The van der Waals surface area contributed by atoms with Gasteiger partial charge >= 0.3 is 0 Å². The summed E-state index contributed by atoms with van der Waals surface area (Å²) < 4.78 is 0. The largest absolute Gasteiger partial charge is 0.103 e. The summed E-state index contributed by atoms with van der Waals surface area (Å²) in [7, 11) is 0. The second-order valence-electron chi connectivity index (χ2n) is 3.59. The Hall–Kier alpha value is -0.520. The van der Waals surface area contributed by atoms with E-state index in [0.717, 1.165) is 0 Å². The van der Waals surface area contributed by atoms with Crippen LogP contribution in [0.4, 0.5) is 0 Å². The molecule has 0 aliphatic carbocycles. The SMILES string of the molecule is C=CC(C)(C)C(C)C(=C)C. The van der Waals surface area contributed by atoms with E-state index in [1.54, 1.807) is 0 Å². The zero-order valence-corrected chi connectivity index (χ0v) is 7.57. The number of hydrogen-bond acceptors (Lipinski definition) is 0. The molecular formula is C10H18. The predicted molar refractivity (Wildman–Crippen MR) is 48.0 cm³/mol. The van der Waals surface area contributed by atoms with Crippen LogP contribution in [0.1, 0.15) is 27.7 Å². The van der Waals surface area contributed by atoms with Crippen molar-refractivity contribution in [2.45, 2.75) is 27.7 Å². The minimum Gasteiger partial charge on any atom is -0.103 e. The molecule has 0 saturated heterocycles. The minimum atomic E-state index is 0.186. The molecule has 0 aliphatic rings. The summed E-state index contributed by atoms with van der Waals surface area (Å²) in [5.41, 5.74) is 1.41. The van der Waals surface area contributed by atoms with Crippen LogP contribution >= 0.6 is 0 Å². The summed E-state index contributed by atoms with van der Waals surface area (Å²) in [4.78, 5) is 0. The van der Waals surface area contributed by atoms with Gasteiger partial charge in [-0.3, -0.25) is 0 Å². The Morgan fingerprint density at radius 1 is 1.50 bits per heavy atom. The third-order valence-corrected chi connectivity index (χ3v) is 2.38. The highest BCUT2D eigenvalue weighted by Crippen LogP contribution is 2.31. The van der Waals surface area contributed by atoms with Crippen molar-refractivity contribution < 1.29 is 0 Å². The van der Waals surface area contributed by atoms with E-state index < -0.39 is 0 Å². The van der Waals surface area contributed by atoms with E-state index in [-0.39, 0.29) is 5.41 Å². The van der Waals surface area contributed by atoms with Gasteiger partial charge in [0.05, 0.1) is 0 Å². The van der Waals surface area contributed by atoms with Crippen molar-refractivity contribution in [1.82, 2.24) is 0 Å². The molecule has 1 atom stereocenters. The van der Waals surface area contributed by atoms with Crippen molar-refractivity contribution in [3.8, 4) is 0 Å². The summed E-state index contributed by atoms with van der Waals surface area (Å²) in [6.07, 6.45) is 1.99. The third kappa shape index (κ3) is 2.02. The van der Waals surface area contributed by atoms with E-state index in [9.17, 15) is 0 Å². The molecule has 0 nitrogen and oxygen atoms in total. The van der Waals surface area contributed by atoms with Crippen LogP contribution in [-0.2, 0) is 0 Å². The van der Waals surface area contributed by atoms with Crippen molar-refractivity contribution in [3.63, 3.8) is 0 Å². The lowest BCUT2D eigenvalue weighted by Gasteiger charge is -2.28. The Morgan fingerprint density at radius 3 is 2.00 bits per heavy atom. The monoisotopic (exact) mass is 138 g/mol. The van der Waals surface area contributed by atoms with Crippen LogP contribution < -0.4 is 0 Å². The molecule has 0 aliphatic heterocycles. The fourth-order valence-electron chi connectivity index (χ4n) is 0.812. The van der Waals surface area contributed by atoms with Gasteiger partial charge in [-0.1, -0.05) is 39.0 Å². The molecular weight excluding hydrogens is 120 g/mol. The summed E-state index contributed by atoms with van der Waals surface area (Å²) in [6.45, 7) is 16.3. The molecule has 0 amide bonds. The Bertz CT molecular complexity index is 140. The van der Waals surface area contributed by atoms with E-state index in [0.29, 0.717) is 5.92 Å². The van der Waals surface area contributed by atoms with Crippen molar-refractivity contribution in [2.24, 2.45) is 11.3 Å².